The first kappa shape index (κ1) is 15.3. The van der Waals surface area contributed by atoms with Gasteiger partial charge in [-0.05, 0) is 24.3 Å². The summed E-state index contributed by atoms with van der Waals surface area (Å²) < 4.78 is 43.9. The Bertz CT molecular complexity index is 667. The van der Waals surface area contributed by atoms with E-state index in [0.29, 0.717) is 16.9 Å². The second-order valence-electron chi connectivity index (χ2n) is 4.29. The molecule has 2 N–H and O–H groups in total. The highest BCUT2D eigenvalue weighted by molar-refractivity contribution is 7.80. The molecule has 0 saturated heterocycles. The van der Waals surface area contributed by atoms with Crippen molar-refractivity contribution in [1.29, 1.82) is 0 Å². The number of hydrogen-bond acceptors (Lipinski definition) is 3. The lowest BCUT2D eigenvalue weighted by atomic mass is 10.1. The van der Waals surface area contributed by atoms with Crippen LogP contribution in [0.4, 0.5) is 13.2 Å². The highest BCUT2D eigenvalue weighted by Crippen LogP contribution is 2.28. The fraction of sp³-hybridized carbons (Fsp3) is 0.231. The minimum Gasteiger partial charge on any atom is -0.496 e. The average molecular weight is 315 g/mol. The second-order valence-corrected chi connectivity index (χ2v) is 4.73. The lowest BCUT2D eigenvalue weighted by molar-refractivity contribution is -0.141. The van der Waals surface area contributed by atoms with Gasteiger partial charge >= 0.3 is 6.18 Å². The van der Waals surface area contributed by atoms with E-state index in [1.165, 1.54) is 18.0 Å². The zero-order chi connectivity index (χ0) is 15.6. The molecular weight excluding hydrogens is 303 g/mol. The number of nitrogens with two attached hydrogens (primary N) is 1. The number of thiocarbonyl (C=S) groups is 1. The molecule has 1 aromatic carbocycles. The van der Waals surface area contributed by atoms with E-state index in [0.717, 1.165) is 6.07 Å². The number of aromatic nitrogens is 2. The van der Waals surface area contributed by atoms with E-state index in [2.05, 4.69) is 5.10 Å². The number of benzene rings is 1. The number of nitrogens with zero attached hydrogens (tertiary/aromatic N) is 2. The van der Waals surface area contributed by atoms with Crippen LogP contribution in [0.2, 0.25) is 0 Å². The Kier molecular flexibility index (Phi) is 4.17. The highest BCUT2D eigenvalue weighted by Gasteiger charge is 2.33. The van der Waals surface area contributed by atoms with Gasteiger partial charge in [-0.3, -0.25) is 4.68 Å². The Labute approximate surface area is 124 Å². The van der Waals surface area contributed by atoms with Crippen LogP contribution in [0.1, 0.15) is 16.8 Å². The van der Waals surface area contributed by atoms with Crippen molar-refractivity contribution in [2.24, 2.45) is 5.73 Å². The molecule has 0 saturated carbocycles. The van der Waals surface area contributed by atoms with Gasteiger partial charge in [-0.2, -0.15) is 18.3 Å². The van der Waals surface area contributed by atoms with Crippen molar-refractivity contribution in [3.05, 3.63) is 47.3 Å². The molecule has 1 heterocycles. The van der Waals surface area contributed by atoms with E-state index >= 15 is 0 Å². The molecule has 8 heteroatoms. The van der Waals surface area contributed by atoms with E-state index < -0.39 is 11.9 Å². The van der Waals surface area contributed by atoms with Crippen molar-refractivity contribution < 1.29 is 17.9 Å². The molecule has 2 rings (SSSR count). The number of halogens is 3. The van der Waals surface area contributed by atoms with Gasteiger partial charge in [0.25, 0.3) is 0 Å². The predicted molar refractivity (Wildman–Crippen MR) is 75.2 cm³/mol. The Morgan fingerprint density at radius 1 is 1.38 bits per heavy atom. The smallest absolute Gasteiger partial charge is 0.435 e. The molecule has 0 spiro atoms. The first-order valence-corrected chi connectivity index (χ1v) is 6.29. The van der Waals surface area contributed by atoms with Gasteiger partial charge in [0.2, 0.25) is 0 Å². The van der Waals surface area contributed by atoms with Crippen LogP contribution in [0.5, 0.6) is 5.75 Å². The van der Waals surface area contributed by atoms with Crippen LogP contribution in [0.3, 0.4) is 0 Å². The fourth-order valence-electron chi connectivity index (χ4n) is 1.83. The van der Waals surface area contributed by atoms with Gasteiger partial charge < -0.3 is 10.5 Å². The number of methoxy groups -OCH3 is 1. The molecule has 0 aliphatic carbocycles. The first-order valence-electron chi connectivity index (χ1n) is 5.88. The van der Waals surface area contributed by atoms with E-state index in [-0.39, 0.29) is 11.5 Å². The third kappa shape index (κ3) is 3.52. The number of hydrogen-bond donors (Lipinski definition) is 1. The van der Waals surface area contributed by atoms with E-state index in [1.54, 1.807) is 18.2 Å². The molecule has 0 amide bonds. The lowest BCUT2D eigenvalue weighted by Crippen LogP contribution is -2.12. The molecule has 0 radical (unpaired) electrons. The molecule has 21 heavy (non-hydrogen) atoms. The first-order chi connectivity index (χ1) is 9.81. The van der Waals surface area contributed by atoms with Crippen molar-refractivity contribution in [2.45, 2.75) is 12.7 Å². The zero-order valence-electron chi connectivity index (χ0n) is 11.0. The molecule has 2 aromatic rings. The van der Waals surface area contributed by atoms with Crippen molar-refractivity contribution in [3.63, 3.8) is 0 Å². The van der Waals surface area contributed by atoms with Gasteiger partial charge in [-0.15, -0.1) is 0 Å². The Balaban J connectivity index is 2.32. The second kappa shape index (κ2) is 5.72. The Morgan fingerprint density at radius 2 is 2.10 bits per heavy atom. The summed E-state index contributed by atoms with van der Waals surface area (Å²) in [6.45, 7) is 0.121. The lowest BCUT2D eigenvalue weighted by Gasteiger charge is -2.10. The van der Waals surface area contributed by atoms with Crippen molar-refractivity contribution >= 4 is 17.2 Å². The monoisotopic (exact) mass is 315 g/mol. The van der Waals surface area contributed by atoms with Crippen LogP contribution in [-0.2, 0) is 12.7 Å². The molecule has 0 atom stereocenters. The van der Waals surface area contributed by atoms with Crippen LogP contribution in [-0.4, -0.2) is 21.9 Å². The molecule has 112 valence electrons. The summed E-state index contributed by atoms with van der Waals surface area (Å²) in [7, 11) is 1.48. The van der Waals surface area contributed by atoms with Crippen LogP contribution in [0.25, 0.3) is 0 Å². The largest absolute Gasteiger partial charge is 0.496 e. The molecule has 0 unspecified atom stereocenters. The van der Waals surface area contributed by atoms with Gasteiger partial charge in [0.05, 0.1) is 13.7 Å². The summed E-state index contributed by atoms with van der Waals surface area (Å²) in [5.41, 5.74) is 5.86. The molecular formula is C13H12F3N3OS. The van der Waals surface area contributed by atoms with E-state index in [9.17, 15) is 13.2 Å². The normalized spacial score (nSPS) is 11.4. The van der Waals surface area contributed by atoms with Crippen LogP contribution in [0.15, 0.2) is 30.5 Å². The summed E-state index contributed by atoms with van der Waals surface area (Å²) in [6, 6.07) is 5.95. The SMILES string of the molecule is COc1ccc(C(N)=S)cc1Cn1ccc(C(F)(F)F)n1. The maximum atomic E-state index is 12.5. The third-order valence-corrected chi connectivity index (χ3v) is 3.06. The van der Waals surface area contributed by atoms with Crippen LogP contribution >= 0.6 is 12.2 Å². The topological polar surface area (TPSA) is 53.1 Å². The van der Waals surface area contributed by atoms with Crippen molar-refractivity contribution in [2.75, 3.05) is 7.11 Å². The van der Waals surface area contributed by atoms with Gasteiger partial charge in [0.15, 0.2) is 5.69 Å². The fourth-order valence-corrected chi connectivity index (χ4v) is 1.96. The summed E-state index contributed by atoms with van der Waals surface area (Å²) in [5, 5.41) is 3.50. The maximum absolute atomic E-state index is 12.5. The summed E-state index contributed by atoms with van der Waals surface area (Å²) in [5.74, 6) is 0.527. The van der Waals surface area contributed by atoms with Crippen LogP contribution in [0, 0.1) is 0 Å². The van der Waals surface area contributed by atoms with E-state index in [4.69, 9.17) is 22.7 Å². The minimum atomic E-state index is -4.46. The van der Waals surface area contributed by atoms with E-state index in [1.807, 2.05) is 0 Å². The average Bonchev–Trinajstić information content (AvgIpc) is 2.87. The number of rotatable bonds is 4. The standard InChI is InChI=1S/C13H12F3N3OS/c1-20-10-3-2-8(12(17)21)6-9(10)7-19-5-4-11(18-19)13(14,15)16/h2-6H,7H2,1H3,(H2,17,21). The minimum absolute atomic E-state index is 0.121. The molecule has 0 aliphatic rings. The predicted octanol–water partition coefficient (Wildman–Crippen LogP) is 2.59. The van der Waals surface area contributed by atoms with Gasteiger partial charge in [-0.1, -0.05) is 12.2 Å². The van der Waals surface area contributed by atoms with Gasteiger partial charge in [0, 0.05) is 17.3 Å². The molecule has 4 nitrogen and oxygen atoms in total. The number of ether oxygens (including phenoxy) is 1. The molecule has 0 fully saturated rings. The third-order valence-electron chi connectivity index (χ3n) is 2.83. The maximum Gasteiger partial charge on any atom is 0.435 e. The molecule has 0 bridgehead atoms. The quantitative estimate of drug-likeness (QED) is 0.881. The summed E-state index contributed by atoms with van der Waals surface area (Å²) >= 11 is 4.88. The molecule has 1 aromatic heterocycles. The Hall–Kier alpha value is -2.09. The van der Waals surface area contributed by atoms with Crippen molar-refractivity contribution in [1.82, 2.24) is 9.78 Å². The highest BCUT2D eigenvalue weighted by atomic mass is 32.1. The molecule has 0 aliphatic heterocycles. The van der Waals surface area contributed by atoms with Crippen LogP contribution < -0.4 is 10.5 Å². The number of alkyl halides is 3. The van der Waals surface area contributed by atoms with Crippen molar-refractivity contribution in [3.8, 4) is 5.75 Å². The summed E-state index contributed by atoms with van der Waals surface area (Å²) in [4.78, 5) is 0.204. The van der Waals surface area contributed by atoms with Gasteiger partial charge in [0.1, 0.15) is 10.7 Å². The van der Waals surface area contributed by atoms with Gasteiger partial charge in [-0.25, -0.2) is 0 Å². The zero-order valence-corrected chi connectivity index (χ0v) is 11.8. The summed E-state index contributed by atoms with van der Waals surface area (Å²) in [6.07, 6.45) is -3.20. The Morgan fingerprint density at radius 3 is 2.62 bits per heavy atom.